The maximum Gasteiger partial charge on any atom is 0.416 e. The van der Waals surface area contributed by atoms with Crippen molar-refractivity contribution in [2.45, 2.75) is 25.4 Å². The van der Waals surface area contributed by atoms with E-state index in [2.05, 4.69) is 10.6 Å². The third-order valence-electron chi connectivity index (χ3n) is 4.49. The molecule has 1 nitrogen and oxygen atoms in total. The molecule has 0 unspecified atom stereocenters. The lowest BCUT2D eigenvalue weighted by molar-refractivity contribution is -0.499. The van der Waals surface area contributed by atoms with Crippen molar-refractivity contribution in [3.05, 3.63) is 69.7 Å². The fraction of sp³-hybridized carbons (Fsp3) is 0.316. The van der Waals surface area contributed by atoms with E-state index in [1.807, 2.05) is 19.2 Å². The largest absolute Gasteiger partial charge is 1.00 e. The van der Waals surface area contributed by atoms with Crippen LogP contribution in [0.4, 0.5) is 13.2 Å². The van der Waals surface area contributed by atoms with Gasteiger partial charge in [0.15, 0.2) is 5.71 Å². The Bertz CT molecular complexity index is 782. The summed E-state index contributed by atoms with van der Waals surface area (Å²) < 4.78 is 40.1. The average Bonchev–Trinajstić information content (AvgIpc) is 2.53. The highest BCUT2D eigenvalue weighted by molar-refractivity contribution is 6.31. The SMILES string of the molecule is C[N+]1=C(CCc2ccc(C(F)(F)F)cc2)c2cc(Cl)ccc2CC1.[I-]. The van der Waals surface area contributed by atoms with Crippen molar-refractivity contribution < 1.29 is 41.7 Å². The van der Waals surface area contributed by atoms with Crippen LogP contribution in [-0.4, -0.2) is 23.9 Å². The second-order valence-electron chi connectivity index (χ2n) is 6.11. The Morgan fingerprint density at radius 2 is 1.72 bits per heavy atom. The number of aryl methyl sites for hydroxylation is 1. The maximum absolute atomic E-state index is 12.6. The predicted molar refractivity (Wildman–Crippen MR) is 90.1 cm³/mol. The van der Waals surface area contributed by atoms with Gasteiger partial charge in [-0.25, -0.2) is 4.58 Å². The molecule has 0 bridgehead atoms. The Morgan fingerprint density at radius 1 is 1.04 bits per heavy atom. The Hall–Kier alpha value is -1.08. The Kier molecular flexibility index (Phi) is 6.54. The summed E-state index contributed by atoms with van der Waals surface area (Å²) in [4.78, 5) is 0. The Labute approximate surface area is 167 Å². The molecule has 6 heteroatoms. The van der Waals surface area contributed by atoms with Crippen molar-refractivity contribution in [2.75, 3.05) is 13.6 Å². The van der Waals surface area contributed by atoms with E-state index in [0.717, 1.165) is 42.6 Å². The van der Waals surface area contributed by atoms with Gasteiger partial charge in [-0.3, -0.25) is 0 Å². The fourth-order valence-corrected chi connectivity index (χ4v) is 3.28. The van der Waals surface area contributed by atoms with Crippen LogP contribution >= 0.6 is 11.6 Å². The highest BCUT2D eigenvalue weighted by Gasteiger charge is 2.30. The van der Waals surface area contributed by atoms with Gasteiger partial charge in [-0.15, -0.1) is 0 Å². The lowest BCUT2D eigenvalue weighted by Gasteiger charge is -2.17. The first kappa shape index (κ1) is 20.2. The van der Waals surface area contributed by atoms with E-state index in [1.54, 1.807) is 12.1 Å². The highest BCUT2D eigenvalue weighted by Crippen LogP contribution is 2.29. The van der Waals surface area contributed by atoms with Crippen LogP contribution < -0.4 is 24.0 Å². The van der Waals surface area contributed by atoms with Gasteiger partial charge in [0.2, 0.25) is 0 Å². The lowest BCUT2D eigenvalue weighted by atomic mass is 9.93. The molecule has 0 N–H and O–H groups in total. The Morgan fingerprint density at radius 3 is 2.36 bits per heavy atom. The summed E-state index contributed by atoms with van der Waals surface area (Å²) in [6.07, 6.45) is -1.84. The zero-order valence-corrected chi connectivity index (χ0v) is 16.6. The van der Waals surface area contributed by atoms with Crippen LogP contribution in [0.2, 0.25) is 5.02 Å². The van der Waals surface area contributed by atoms with Gasteiger partial charge in [0.25, 0.3) is 0 Å². The summed E-state index contributed by atoms with van der Waals surface area (Å²) in [7, 11) is 2.05. The molecule has 134 valence electrons. The van der Waals surface area contributed by atoms with Gasteiger partial charge in [-0.05, 0) is 41.8 Å². The summed E-state index contributed by atoms with van der Waals surface area (Å²) in [5.74, 6) is 0. The minimum atomic E-state index is -4.29. The lowest BCUT2D eigenvalue weighted by Crippen LogP contribution is -3.00. The van der Waals surface area contributed by atoms with Crippen molar-refractivity contribution in [1.82, 2.24) is 0 Å². The number of hydrogen-bond donors (Lipinski definition) is 0. The van der Waals surface area contributed by atoms with Gasteiger partial charge in [0.1, 0.15) is 13.6 Å². The molecule has 2 aromatic carbocycles. The molecule has 3 rings (SSSR count). The number of halogens is 5. The van der Waals surface area contributed by atoms with Gasteiger partial charge in [0.05, 0.1) is 5.56 Å². The number of fused-ring (bicyclic) bond motifs is 1. The van der Waals surface area contributed by atoms with E-state index in [0.29, 0.717) is 11.4 Å². The van der Waals surface area contributed by atoms with Crippen LogP contribution in [0.3, 0.4) is 0 Å². The average molecular weight is 480 g/mol. The molecule has 1 heterocycles. The van der Waals surface area contributed by atoms with E-state index in [-0.39, 0.29) is 24.0 Å². The molecule has 0 aromatic heterocycles. The van der Waals surface area contributed by atoms with Crippen LogP contribution in [0.1, 0.15) is 28.7 Å². The van der Waals surface area contributed by atoms with E-state index >= 15 is 0 Å². The summed E-state index contributed by atoms with van der Waals surface area (Å²) >= 11 is 6.13. The number of benzene rings is 2. The maximum atomic E-state index is 12.6. The number of alkyl halides is 3. The van der Waals surface area contributed by atoms with Crippen molar-refractivity contribution >= 4 is 17.3 Å². The second-order valence-corrected chi connectivity index (χ2v) is 6.55. The van der Waals surface area contributed by atoms with E-state index < -0.39 is 11.7 Å². The van der Waals surface area contributed by atoms with Crippen LogP contribution in [0.5, 0.6) is 0 Å². The van der Waals surface area contributed by atoms with Crippen LogP contribution in [0.25, 0.3) is 0 Å². The van der Waals surface area contributed by atoms with Crippen LogP contribution in [-0.2, 0) is 19.0 Å². The highest BCUT2D eigenvalue weighted by atomic mass is 127. The quantitative estimate of drug-likeness (QED) is 0.468. The van der Waals surface area contributed by atoms with Gasteiger partial charge in [0, 0.05) is 23.4 Å². The number of hydrogen-bond acceptors (Lipinski definition) is 0. The van der Waals surface area contributed by atoms with Gasteiger partial charge in [-0.1, -0.05) is 29.8 Å². The van der Waals surface area contributed by atoms with Crippen molar-refractivity contribution in [3.8, 4) is 0 Å². The monoisotopic (exact) mass is 479 g/mol. The zero-order chi connectivity index (χ0) is 17.3. The van der Waals surface area contributed by atoms with E-state index in [1.165, 1.54) is 11.3 Å². The molecule has 1 aliphatic heterocycles. The van der Waals surface area contributed by atoms with Crippen molar-refractivity contribution in [1.29, 1.82) is 0 Å². The number of likely N-dealkylation sites (N-methyl/N-ethyl adjacent to an activating group) is 1. The first-order valence-electron chi connectivity index (χ1n) is 7.86. The molecule has 1 aliphatic rings. The third kappa shape index (κ3) is 4.76. The molecule has 0 saturated heterocycles. The molecule has 0 saturated carbocycles. The Balaban J connectivity index is 0.00000225. The van der Waals surface area contributed by atoms with Crippen LogP contribution in [0.15, 0.2) is 42.5 Å². The van der Waals surface area contributed by atoms with Gasteiger partial charge >= 0.3 is 6.18 Å². The van der Waals surface area contributed by atoms with E-state index in [4.69, 9.17) is 11.6 Å². The van der Waals surface area contributed by atoms with Crippen molar-refractivity contribution in [2.24, 2.45) is 0 Å². The third-order valence-corrected chi connectivity index (χ3v) is 4.73. The summed E-state index contributed by atoms with van der Waals surface area (Å²) in [5.41, 5.74) is 3.92. The van der Waals surface area contributed by atoms with Crippen LogP contribution in [0, 0.1) is 0 Å². The number of nitrogens with zero attached hydrogens (tertiary/aromatic N) is 1. The second kappa shape index (κ2) is 8.08. The predicted octanol–water partition coefficient (Wildman–Crippen LogP) is 1.98. The summed E-state index contributed by atoms with van der Waals surface area (Å²) in [5, 5.41) is 0.705. The molecule has 25 heavy (non-hydrogen) atoms. The molecular formula is C19H18ClF3IN. The smallest absolute Gasteiger partial charge is 0.416 e. The minimum absolute atomic E-state index is 0. The fourth-order valence-electron chi connectivity index (χ4n) is 3.11. The summed E-state index contributed by atoms with van der Waals surface area (Å²) in [6, 6.07) is 11.4. The molecule has 0 aliphatic carbocycles. The molecule has 0 atom stereocenters. The molecule has 0 radical (unpaired) electrons. The normalized spacial score (nSPS) is 14.1. The number of rotatable bonds is 3. The van der Waals surface area contributed by atoms with E-state index in [9.17, 15) is 13.2 Å². The summed E-state index contributed by atoms with van der Waals surface area (Å²) in [6.45, 7) is 0.941. The molecule has 0 spiro atoms. The minimum Gasteiger partial charge on any atom is -1.00 e. The first-order chi connectivity index (χ1) is 11.3. The standard InChI is InChI=1S/C19H18ClF3N.HI/c1-24-11-10-14-5-8-16(20)12-17(14)18(24)9-4-13-2-6-15(7-3-13)19(21,22)23;/h2-3,5-8,12H,4,9-11H2,1H3;1H/q+1;/p-1. The first-order valence-corrected chi connectivity index (χ1v) is 8.24. The molecule has 0 amide bonds. The molecular weight excluding hydrogens is 462 g/mol. The molecule has 0 fully saturated rings. The van der Waals surface area contributed by atoms with Gasteiger partial charge < -0.3 is 24.0 Å². The van der Waals surface area contributed by atoms with Crippen molar-refractivity contribution in [3.63, 3.8) is 0 Å². The van der Waals surface area contributed by atoms with Gasteiger partial charge in [-0.2, -0.15) is 13.2 Å². The topological polar surface area (TPSA) is 3.01 Å². The zero-order valence-electron chi connectivity index (χ0n) is 13.7. The molecule has 2 aromatic rings.